The van der Waals surface area contributed by atoms with Gasteiger partial charge in [-0.05, 0) is 52.6 Å². The summed E-state index contributed by atoms with van der Waals surface area (Å²) < 4.78 is 0. The average Bonchev–Trinajstić information content (AvgIpc) is 3.34. The fourth-order valence-corrected chi connectivity index (χ4v) is 5.41. The molecule has 0 unspecified atom stereocenters. The molecule has 1 aliphatic heterocycles. The van der Waals surface area contributed by atoms with Crippen LogP contribution < -0.4 is 0 Å². The van der Waals surface area contributed by atoms with Crippen LogP contribution in [-0.2, 0) is 11.8 Å². The number of pyridine rings is 1. The first-order valence-electron chi connectivity index (χ1n) is 10.2. The van der Waals surface area contributed by atoms with Crippen molar-refractivity contribution in [1.29, 1.82) is 0 Å². The first-order chi connectivity index (χ1) is 14.1. The van der Waals surface area contributed by atoms with Crippen LogP contribution in [0, 0.1) is 0 Å². The molecule has 4 heterocycles. The Morgan fingerprint density at radius 3 is 2.45 bits per heavy atom. The van der Waals surface area contributed by atoms with Crippen LogP contribution in [0.1, 0.15) is 36.2 Å². The highest BCUT2D eigenvalue weighted by Crippen LogP contribution is 2.51. The monoisotopic (exact) mass is 376 g/mol. The third kappa shape index (κ3) is 1.84. The van der Waals surface area contributed by atoms with E-state index in [-0.39, 0.29) is 5.41 Å². The Bertz CT molecular complexity index is 1530. The standard InChI is InChI=1S/C25H20N4/c1-25(2)19-9-23-15(17-11-26-5-3-21(17)28-23)7-13(19)14-8-16-18-12-27-6-4-22(18)29-24(16)10-20(14)25/h3,5,7-12,28-29H,4,6H2,1-2H3. The maximum Gasteiger partial charge on any atom is 0.0495 e. The fraction of sp³-hybridized carbons (Fsp3) is 0.200. The lowest BCUT2D eigenvalue weighted by atomic mass is 9.82. The molecule has 3 aromatic heterocycles. The summed E-state index contributed by atoms with van der Waals surface area (Å²) in [7, 11) is 0. The number of aromatic nitrogens is 3. The van der Waals surface area contributed by atoms with E-state index < -0.39 is 0 Å². The number of aromatic amines is 2. The van der Waals surface area contributed by atoms with E-state index in [4.69, 9.17) is 0 Å². The summed E-state index contributed by atoms with van der Waals surface area (Å²) in [6.45, 7) is 5.55. The number of H-pyrrole nitrogens is 2. The molecule has 0 atom stereocenters. The first kappa shape index (κ1) is 15.5. The van der Waals surface area contributed by atoms with Gasteiger partial charge < -0.3 is 9.97 Å². The second-order valence-electron chi connectivity index (χ2n) is 8.86. The molecule has 0 amide bonds. The van der Waals surface area contributed by atoms with E-state index in [1.54, 1.807) is 0 Å². The molecule has 0 spiro atoms. The van der Waals surface area contributed by atoms with Gasteiger partial charge in [0, 0.05) is 81.0 Å². The highest BCUT2D eigenvalue weighted by molar-refractivity contribution is 6.10. The molecule has 4 heteroatoms. The molecule has 0 saturated carbocycles. The summed E-state index contributed by atoms with van der Waals surface area (Å²) in [5.41, 5.74) is 11.6. The van der Waals surface area contributed by atoms with E-state index in [9.17, 15) is 0 Å². The van der Waals surface area contributed by atoms with Crippen LogP contribution in [0.4, 0.5) is 0 Å². The Kier molecular flexibility index (Phi) is 2.65. The smallest absolute Gasteiger partial charge is 0.0495 e. The van der Waals surface area contributed by atoms with Gasteiger partial charge in [-0.3, -0.25) is 9.98 Å². The molecule has 2 aromatic carbocycles. The summed E-state index contributed by atoms with van der Waals surface area (Å²) in [6.07, 6.45) is 6.84. The molecule has 0 saturated heterocycles. The minimum absolute atomic E-state index is 0.0394. The number of nitrogens with one attached hydrogen (secondary N) is 2. The van der Waals surface area contributed by atoms with E-state index in [0.29, 0.717) is 0 Å². The lowest BCUT2D eigenvalue weighted by Crippen LogP contribution is -2.14. The molecule has 29 heavy (non-hydrogen) atoms. The summed E-state index contributed by atoms with van der Waals surface area (Å²) >= 11 is 0. The molecule has 0 radical (unpaired) electrons. The van der Waals surface area contributed by atoms with E-state index in [1.165, 1.54) is 60.7 Å². The van der Waals surface area contributed by atoms with Gasteiger partial charge in [0.1, 0.15) is 0 Å². The molecule has 5 aromatic rings. The molecule has 1 aliphatic carbocycles. The number of rotatable bonds is 0. The highest BCUT2D eigenvalue weighted by atomic mass is 14.8. The Morgan fingerprint density at radius 2 is 1.62 bits per heavy atom. The van der Waals surface area contributed by atoms with Crippen molar-refractivity contribution in [3.05, 3.63) is 65.1 Å². The summed E-state index contributed by atoms with van der Waals surface area (Å²) in [4.78, 5) is 16.1. The first-order valence-corrected chi connectivity index (χ1v) is 10.2. The van der Waals surface area contributed by atoms with Crippen LogP contribution in [0.5, 0.6) is 0 Å². The zero-order valence-electron chi connectivity index (χ0n) is 16.4. The van der Waals surface area contributed by atoms with E-state index in [0.717, 1.165) is 18.5 Å². The number of nitrogens with zero attached hydrogens (tertiary/aromatic N) is 2. The zero-order chi connectivity index (χ0) is 19.3. The summed E-state index contributed by atoms with van der Waals surface area (Å²) in [6, 6.07) is 11.5. The van der Waals surface area contributed by atoms with Crippen LogP contribution in [0.2, 0.25) is 0 Å². The lowest BCUT2D eigenvalue weighted by Gasteiger charge is -2.21. The van der Waals surface area contributed by atoms with Crippen LogP contribution in [0.3, 0.4) is 0 Å². The zero-order valence-corrected chi connectivity index (χ0v) is 16.4. The molecular weight excluding hydrogens is 356 g/mol. The largest absolute Gasteiger partial charge is 0.358 e. The Labute approximate surface area is 167 Å². The number of hydrogen-bond acceptors (Lipinski definition) is 2. The van der Waals surface area contributed by atoms with Gasteiger partial charge in [-0.15, -0.1) is 0 Å². The van der Waals surface area contributed by atoms with Gasteiger partial charge in [-0.2, -0.15) is 0 Å². The van der Waals surface area contributed by atoms with Gasteiger partial charge in [0.2, 0.25) is 0 Å². The Balaban J connectivity index is 1.59. The molecule has 0 fully saturated rings. The maximum atomic E-state index is 4.52. The van der Waals surface area contributed by atoms with Crippen molar-refractivity contribution in [2.45, 2.75) is 25.7 Å². The summed E-state index contributed by atoms with van der Waals surface area (Å²) in [5.74, 6) is 0. The van der Waals surface area contributed by atoms with Crippen LogP contribution in [-0.4, -0.2) is 27.7 Å². The lowest BCUT2D eigenvalue weighted by molar-refractivity contribution is 0.662. The number of fused-ring (bicyclic) bond motifs is 9. The molecule has 0 bridgehead atoms. The van der Waals surface area contributed by atoms with Crippen molar-refractivity contribution in [2.24, 2.45) is 4.99 Å². The van der Waals surface area contributed by atoms with E-state index >= 15 is 0 Å². The van der Waals surface area contributed by atoms with E-state index in [2.05, 4.69) is 64.1 Å². The second-order valence-corrected chi connectivity index (χ2v) is 8.86. The normalized spacial score (nSPS) is 16.5. The van der Waals surface area contributed by atoms with Crippen molar-refractivity contribution >= 4 is 38.9 Å². The molecule has 7 rings (SSSR count). The quantitative estimate of drug-likeness (QED) is 0.369. The average molecular weight is 376 g/mol. The third-order valence-electron chi connectivity index (χ3n) is 6.94. The van der Waals surface area contributed by atoms with Gasteiger partial charge in [0.25, 0.3) is 0 Å². The number of aliphatic imine (C=N–C) groups is 1. The molecule has 2 aliphatic rings. The molecule has 4 nitrogen and oxygen atoms in total. The number of benzene rings is 2. The second kappa shape index (κ2) is 4.95. The van der Waals surface area contributed by atoms with Crippen molar-refractivity contribution in [3.8, 4) is 11.1 Å². The SMILES string of the molecule is CC1(C)c2cc3[nH]c4c(c3cc2-c2cc3c(cc21)[nH]c1ccncc13)C=NCC4. The predicted molar refractivity (Wildman–Crippen MR) is 119 cm³/mol. The van der Waals surface area contributed by atoms with E-state index in [1.807, 2.05) is 18.6 Å². The van der Waals surface area contributed by atoms with Crippen molar-refractivity contribution < 1.29 is 0 Å². The fourth-order valence-electron chi connectivity index (χ4n) is 5.41. The Morgan fingerprint density at radius 1 is 0.862 bits per heavy atom. The maximum absolute atomic E-state index is 4.52. The predicted octanol–water partition coefficient (Wildman–Crippen LogP) is 5.48. The van der Waals surface area contributed by atoms with Gasteiger partial charge >= 0.3 is 0 Å². The minimum Gasteiger partial charge on any atom is -0.358 e. The molecule has 140 valence electrons. The van der Waals surface area contributed by atoms with Crippen molar-refractivity contribution in [2.75, 3.05) is 6.54 Å². The van der Waals surface area contributed by atoms with Gasteiger partial charge in [0.05, 0.1) is 0 Å². The van der Waals surface area contributed by atoms with Crippen molar-refractivity contribution in [1.82, 2.24) is 15.0 Å². The topological polar surface area (TPSA) is 56.8 Å². The highest BCUT2D eigenvalue weighted by Gasteiger charge is 2.37. The van der Waals surface area contributed by atoms with Crippen molar-refractivity contribution in [3.63, 3.8) is 0 Å². The van der Waals surface area contributed by atoms with Crippen LogP contribution in [0.25, 0.3) is 43.8 Å². The summed E-state index contributed by atoms with van der Waals surface area (Å²) in [5, 5.41) is 3.71. The number of hydrogen-bond donors (Lipinski definition) is 2. The van der Waals surface area contributed by atoms with Crippen LogP contribution >= 0.6 is 0 Å². The van der Waals surface area contributed by atoms with Gasteiger partial charge in [0.15, 0.2) is 0 Å². The van der Waals surface area contributed by atoms with Crippen LogP contribution in [0.15, 0.2) is 47.7 Å². The third-order valence-corrected chi connectivity index (χ3v) is 6.94. The Hall–Kier alpha value is -3.40. The molecule has 2 N–H and O–H groups in total. The minimum atomic E-state index is -0.0394. The van der Waals surface area contributed by atoms with Gasteiger partial charge in [-0.25, -0.2) is 0 Å². The van der Waals surface area contributed by atoms with Gasteiger partial charge in [-0.1, -0.05) is 13.8 Å². The molecular formula is C25H20N4.